The topological polar surface area (TPSA) is 386 Å². The molecule has 0 radical (unpaired) electrons. The van der Waals surface area contributed by atoms with Crippen LogP contribution in [-0.2, 0) is 75.2 Å². The Labute approximate surface area is 470 Å². The molecule has 1 fully saturated rings. The van der Waals surface area contributed by atoms with E-state index in [-0.39, 0.29) is 25.2 Å². The van der Waals surface area contributed by atoms with Crippen molar-refractivity contribution in [1.29, 1.82) is 0 Å². The van der Waals surface area contributed by atoms with Crippen LogP contribution in [0.1, 0.15) is 72.4 Å². The van der Waals surface area contributed by atoms with Gasteiger partial charge in [0.2, 0.25) is 76.8 Å². The number of aliphatic hydroxyl groups excluding tert-OH is 1. The van der Waals surface area contributed by atoms with Gasteiger partial charge in [-0.05, 0) is 50.2 Å². The molecule has 2 aromatic carbocycles. The summed E-state index contributed by atoms with van der Waals surface area (Å²) in [4.78, 5) is 182. The average Bonchev–Trinajstić information content (AvgIpc) is 3.45. The number of hydrogen-bond acceptors (Lipinski definition) is 14. The molecule has 0 aliphatic carbocycles. The quantitative estimate of drug-likeness (QED) is 0.0807. The van der Waals surface area contributed by atoms with E-state index in [1.165, 1.54) is 35.0 Å². The van der Waals surface area contributed by atoms with E-state index < -0.39 is 170 Å². The fourth-order valence-electron chi connectivity index (χ4n) is 8.50. The largest absolute Gasteiger partial charge is 0.394 e. The van der Waals surface area contributed by atoms with Crippen LogP contribution in [0.3, 0.4) is 0 Å². The lowest BCUT2D eigenvalue weighted by Crippen LogP contribution is -2.61. The lowest BCUT2D eigenvalue weighted by Gasteiger charge is -2.33. The van der Waals surface area contributed by atoms with E-state index in [2.05, 4.69) is 47.9 Å². The van der Waals surface area contributed by atoms with Crippen molar-refractivity contribution in [3.8, 4) is 0 Å². The molecule has 0 spiro atoms. The molecular weight excluding hydrogens is 1050 g/mol. The lowest BCUT2D eigenvalue weighted by molar-refractivity contribution is -0.146. The molecule has 1 heterocycles. The summed E-state index contributed by atoms with van der Waals surface area (Å²) in [6.45, 7) is 7.31. The maximum atomic E-state index is 14.6. The average molecular weight is 1130 g/mol. The minimum absolute atomic E-state index is 0.0857. The smallest absolute Gasteiger partial charge is 0.245 e. The van der Waals surface area contributed by atoms with Crippen molar-refractivity contribution < 1.29 is 67.4 Å². The first-order valence-corrected chi connectivity index (χ1v) is 26.5. The van der Waals surface area contributed by atoms with E-state index in [0.29, 0.717) is 16.0 Å². The van der Waals surface area contributed by atoms with E-state index >= 15 is 0 Å². The van der Waals surface area contributed by atoms with Crippen LogP contribution in [0.2, 0.25) is 0 Å². The van der Waals surface area contributed by atoms with Crippen LogP contribution >= 0.6 is 0 Å². The number of nitrogens with zero attached hydrogens (tertiary/aromatic N) is 3. The van der Waals surface area contributed by atoms with Crippen LogP contribution in [0.4, 0.5) is 0 Å². The molecule has 3 rings (SSSR count). The number of rotatable bonds is 15. The zero-order chi connectivity index (χ0) is 60.8. The number of hydrogen-bond donors (Lipinski definition) is 11. The highest BCUT2D eigenvalue weighted by Crippen LogP contribution is 2.15. The Hall–Kier alpha value is -8.49. The van der Waals surface area contributed by atoms with Crippen LogP contribution < -0.4 is 53.6 Å². The third-order valence-electron chi connectivity index (χ3n) is 13.3. The van der Waals surface area contributed by atoms with Crippen molar-refractivity contribution in [2.75, 3.05) is 47.4 Å². The maximum Gasteiger partial charge on any atom is 0.245 e. The minimum atomic E-state index is -1.77. The van der Waals surface area contributed by atoms with E-state index in [0.717, 1.165) is 16.7 Å². The molecule has 0 aromatic heterocycles. The van der Waals surface area contributed by atoms with E-state index in [9.17, 15) is 67.4 Å². The van der Waals surface area contributed by atoms with E-state index in [1.54, 1.807) is 74.5 Å². The van der Waals surface area contributed by atoms with Gasteiger partial charge in [0, 0.05) is 34.0 Å². The van der Waals surface area contributed by atoms with Gasteiger partial charge in [0.15, 0.2) is 0 Å². The van der Waals surface area contributed by atoms with Crippen molar-refractivity contribution >= 4 is 76.8 Å². The van der Waals surface area contributed by atoms with Crippen molar-refractivity contribution in [2.45, 2.75) is 129 Å². The molecule has 0 saturated carbocycles. The normalized spacial score (nSPS) is 22.9. The van der Waals surface area contributed by atoms with Gasteiger partial charge in [0.25, 0.3) is 0 Å². The molecule has 81 heavy (non-hydrogen) atoms. The molecule has 7 unspecified atom stereocenters. The molecule has 0 bridgehead atoms. The molecule has 1 aliphatic heterocycles. The summed E-state index contributed by atoms with van der Waals surface area (Å²) in [5.74, 6) is -12.8. The minimum Gasteiger partial charge on any atom is -0.394 e. The van der Waals surface area contributed by atoms with Crippen LogP contribution in [0, 0.1) is 11.8 Å². The molecule has 444 valence electrons. The zero-order valence-electron chi connectivity index (χ0n) is 47.5. The Balaban J connectivity index is 2.21. The summed E-state index contributed by atoms with van der Waals surface area (Å²) in [6.07, 6.45) is -1.11. The second-order valence-corrected chi connectivity index (χ2v) is 20.5. The molecule has 27 nitrogen and oxygen atoms in total. The molecule has 2 aromatic rings. The van der Waals surface area contributed by atoms with Gasteiger partial charge in [-0.1, -0.05) is 88.4 Å². The number of aliphatic hydroxyl groups is 1. The maximum absolute atomic E-state index is 14.6. The number of primary amides is 1. The Morgan fingerprint density at radius 1 is 0.679 bits per heavy atom. The van der Waals surface area contributed by atoms with Crippen molar-refractivity contribution in [1.82, 2.24) is 62.6 Å². The summed E-state index contributed by atoms with van der Waals surface area (Å²) in [5, 5.41) is 32.1. The zero-order valence-corrected chi connectivity index (χ0v) is 47.5. The highest BCUT2D eigenvalue weighted by atomic mass is 16.3. The standard InChI is InChI=1S/C54H79N13O14/c1-29(2)21-39-52(79)60-31(5)46(73)64-45(30(3)4)53(80)62-36(22-34-17-13-11-14-18-34)50(77)61-37(48(75)56-8)24-43(71)67(33(7)47(74)63-38(28-68)49(76)57-25-41(55)69)27-42(70)59-32(6)54(81)66(10)40(23-35-19-15-12-16-20-35)51(78)58-26-44(72)65(39)9/h11-20,29-33,36-40,45,68H,21-28H2,1-10H3,(H2,55,69)(H,56,75)(H,57,76)(H,58,78)(H,59,70)(H,60,79)(H,61,77)(H,62,80)(H,63,74)(H,64,73)/t31?,32?,33-,36?,37?,38-,39?,40?,45?/m0/s1. The van der Waals surface area contributed by atoms with Crippen molar-refractivity contribution in [3.05, 3.63) is 71.8 Å². The number of amides is 13. The molecule has 12 N–H and O–H groups in total. The first-order valence-electron chi connectivity index (χ1n) is 26.5. The van der Waals surface area contributed by atoms with E-state index in [1.807, 2.05) is 13.8 Å². The Kier molecular flexibility index (Phi) is 26.3. The number of carbonyl (C=O) groups is 13. The van der Waals surface area contributed by atoms with Gasteiger partial charge < -0.3 is 73.4 Å². The van der Waals surface area contributed by atoms with Gasteiger partial charge >= 0.3 is 0 Å². The molecule has 27 heteroatoms. The summed E-state index contributed by atoms with van der Waals surface area (Å²) in [5.41, 5.74) is 6.25. The molecule has 9 atom stereocenters. The Bertz CT molecular complexity index is 2590. The Morgan fingerprint density at radius 2 is 1.27 bits per heavy atom. The fourth-order valence-corrected chi connectivity index (χ4v) is 8.50. The highest BCUT2D eigenvalue weighted by Gasteiger charge is 2.38. The number of benzene rings is 2. The van der Waals surface area contributed by atoms with Crippen molar-refractivity contribution in [3.63, 3.8) is 0 Å². The van der Waals surface area contributed by atoms with Gasteiger partial charge in [0.1, 0.15) is 60.9 Å². The molecule has 13 amide bonds. The van der Waals surface area contributed by atoms with Crippen LogP contribution in [0.5, 0.6) is 0 Å². The van der Waals surface area contributed by atoms with Gasteiger partial charge in [-0.15, -0.1) is 0 Å². The number of likely N-dealkylation sites (N-methyl/N-ethyl adjacent to an activating group) is 3. The predicted molar refractivity (Wildman–Crippen MR) is 293 cm³/mol. The predicted octanol–water partition coefficient (Wildman–Crippen LogP) is -4.15. The Morgan fingerprint density at radius 3 is 1.81 bits per heavy atom. The fraction of sp³-hybridized carbons (Fsp3) is 0.537. The third kappa shape index (κ3) is 20.6. The second kappa shape index (κ2) is 31.9. The first-order chi connectivity index (χ1) is 38.1. The van der Waals surface area contributed by atoms with Crippen LogP contribution in [0.25, 0.3) is 0 Å². The van der Waals surface area contributed by atoms with E-state index in [4.69, 9.17) is 5.73 Å². The number of nitrogens with two attached hydrogens (primary N) is 1. The van der Waals surface area contributed by atoms with Crippen LogP contribution in [-0.4, -0.2) is 198 Å². The summed E-state index contributed by atoms with van der Waals surface area (Å²) >= 11 is 0. The monoisotopic (exact) mass is 1130 g/mol. The molecular formula is C54H79N13O14. The second-order valence-electron chi connectivity index (χ2n) is 20.5. The molecule has 1 aliphatic rings. The lowest BCUT2D eigenvalue weighted by atomic mass is 10.00. The number of carbonyl (C=O) groups excluding carboxylic acids is 13. The van der Waals surface area contributed by atoms with Gasteiger partial charge in [-0.25, -0.2) is 0 Å². The van der Waals surface area contributed by atoms with Gasteiger partial charge in [-0.2, -0.15) is 0 Å². The molecule has 1 saturated heterocycles. The summed E-state index contributed by atoms with van der Waals surface area (Å²) < 4.78 is 0. The van der Waals surface area contributed by atoms with Crippen LogP contribution in [0.15, 0.2) is 60.7 Å². The van der Waals surface area contributed by atoms with Crippen molar-refractivity contribution in [2.24, 2.45) is 17.6 Å². The SMILES string of the molecule is CNC(=O)C1CC(=O)N([C@@H](C)C(=O)N[C@@H](CO)C(=O)NCC(N)=O)CC(=O)NC(C)C(=O)N(C)C(Cc2ccccc2)C(=O)NCC(=O)N(C)C(CC(C)C)C(=O)NC(C)C(=O)NC(C(C)C)C(=O)NC(Cc2ccccc2)C(=O)N1. The number of nitrogens with one attached hydrogen (secondary N) is 9. The summed E-state index contributed by atoms with van der Waals surface area (Å²) in [6, 6.07) is 3.67. The van der Waals surface area contributed by atoms with Gasteiger partial charge in [0.05, 0.1) is 26.1 Å². The van der Waals surface area contributed by atoms with Gasteiger partial charge in [-0.3, -0.25) is 62.3 Å². The highest BCUT2D eigenvalue weighted by molar-refractivity contribution is 6.00. The third-order valence-corrected chi connectivity index (χ3v) is 13.3. The first kappa shape index (κ1) is 66.8. The summed E-state index contributed by atoms with van der Waals surface area (Å²) in [7, 11) is 3.84.